The van der Waals surface area contributed by atoms with Crippen molar-refractivity contribution in [3.05, 3.63) is 64.5 Å². The molecule has 2 N–H and O–H groups in total. The molecule has 0 fully saturated rings. The molecule has 3 rings (SSSR count). The predicted octanol–water partition coefficient (Wildman–Crippen LogP) is 4.61. The van der Waals surface area contributed by atoms with Crippen LogP contribution in [0.5, 0.6) is 0 Å². The standard InChI is InChI=1S/C19H15F2N3O2S/c1-10-17(12-3-5-13(20)6-4-12)23-19(27-10)24-18(26)15-9-14(22-11(2)25)7-8-16(15)21/h3-9H,1-2H3,(H,22,25)(H,23,24,26). The van der Waals surface area contributed by atoms with Crippen LogP contribution in [0.2, 0.25) is 0 Å². The number of rotatable bonds is 4. The first-order valence-corrected chi connectivity index (χ1v) is 8.77. The van der Waals surface area contributed by atoms with Gasteiger partial charge >= 0.3 is 0 Å². The molecule has 2 amide bonds. The van der Waals surface area contributed by atoms with Crippen LogP contribution in [0.3, 0.4) is 0 Å². The summed E-state index contributed by atoms with van der Waals surface area (Å²) < 4.78 is 27.1. The Labute approximate surface area is 158 Å². The Balaban J connectivity index is 1.83. The molecule has 0 saturated carbocycles. The zero-order valence-corrected chi connectivity index (χ0v) is 15.3. The van der Waals surface area contributed by atoms with Crippen molar-refractivity contribution in [1.82, 2.24) is 4.98 Å². The first-order valence-electron chi connectivity index (χ1n) is 7.95. The number of aromatic nitrogens is 1. The third-order valence-corrected chi connectivity index (χ3v) is 4.55. The van der Waals surface area contributed by atoms with Gasteiger partial charge in [-0.15, -0.1) is 11.3 Å². The van der Waals surface area contributed by atoms with Crippen LogP contribution in [0, 0.1) is 18.6 Å². The summed E-state index contributed by atoms with van der Waals surface area (Å²) in [4.78, 5) is 28.7. The predicted molar refractivity (Wildman–Crippen MR) is 101 cm³/mol. The summed E-state index contributed by atoms with van der Waals surface area (Å²) in [6.07, 6.45) is 0. The third-order valence-electron chi connectivity index (χ3n) is 3.67. The van der Waals surface area contributed by atoms with Crippen molar-refractivity contribution in [2.75, 3.05) is 10.6 Å². The van der Waals surface area contributed by atoms with E-state index in [9.17, 15) is 18.4 Å². The Morgan fingerprint density at radius 2 is 1.74 bits per heavy atom. The van der Waals surface area contributed by atoms with Gasteiger partial charge in [0.1, 0.15) is 11.6 Å². The molecular formula is C19H15F2N3O2S. The smallest absolute Gasteiger partial charge is 0.260 e. The Morgan fingerprint density at radius 1 is 1.04 bits per heavy atom. The van der Waals surface area contributed by atoms with Gasteiger partial charge in [-0.05, 0) is 49.4 Å². The van der Waals surface area contributed by atoms with Crippen molar-refractivity contribution in [2.45, 2.75) is 13.8 Å². The average molecular weight is 387 g/mol. The third kappa shape index (κ3) is 4.35. The fraction of sp³-hybridized carbons (Fsp3) is 0.105. The van der Waals surface area contributed by atoms with Gasteiger partial charge in [0.2, 0.25) is 5.91 Å². The number of hydrogen-bond donors (Lipinski definition) is 2. The van der Waals surface area contributed by atoms with Crippen LogP contribution >= 0.6 is 11.3 Å². The highest BCUT2D eigenvalue weighted by Crippen LogP contribution is 2.31. The average Bonchev–Trinajstić information content (AvgIpc) is 2.97. The SMILES string of the molecule is CC(=O)Nc1ccc(F)c(C(=O)Nc2nc(-c3ccc(F)cc3)c(C)s2)c1. The highest BCUT2D eigenvalue weighted by Gasteiger charge is 2.17. The van der Waals surface area contributed by atoms with Crippen molar-refractivity contribution >= 4 is 34.0 Å². The van der Waals surface area contributed by atoms with Gasteiger partial charge in [-0.2, -0.15) is 0 Å². The molecule has 0 radical (unpaired) electrons. The first-order chi connectivity index (χ1) is 12.8. The minimum atomic E-state index is -0.714. The largest absolute Gasteiger partial charge is 0.326 e. The molecule has 0 aliphatic carbocycles. The summed E-state index contributed by atoms with van der Waals surface area (Å²) in [5.41, 5.74) is 1.43. The Hall–Kier alpha value is -3.13. The highest BCUT2D eigenvalue weighted by molar-refractivity contribution is 7.16. The van der Waals surface area contributed by atoms with Crippen LogP contribution in [0.4, 0.5) is 19.6 Å². The number of amides is 2. The number of carbonyl (C=O) groups is 2. The first kappa shape index (κ1) is 18.7. The van der Waals surface area contributed by atoms with Gasteiger partial charge in [0.25, 0.3) is 5.91 Å². The summed E-state index contributed by atoms with van der Waals surface area (Å²) in [6.45, 7) is 3.14. The minimum absolute atomic E-state index is 0.211. The summed E-state index contributed by atoms with van der Waals surface area (Å²) in [6, 6.07) is 9.59. The normalized spacial score (nSPS) is 10.5. The van der Waals surface area contributed by atoms with Gasteiger partial charge in [-0.25, -0.2) is 13.8 Å². The van der Waals surface area contributed by atoms with Gasteiger partial charge in [0, 0.05) is 23.1 Å². The zero-order valence-electron chi connectivity index (χ0n) is 14.5. The lowest BCUT2D eigenvalue weighted by Crippen LogP contribution is -2.15. The number of aryl methyl sites for hydroxylation is 1. The maximum Gasteiger partial charge on any atom is 0.260 e. The number of hydrogen-bond acceptors (Lipinski definition) is 4. The number of benzene rings is 2. The van der Waals surface area contributed by atoms with Crippen LogP contribution in [-0.2, 0) is 4.79 Å². The molecule has 138 valence electrons. The number of anilines is 2. The van der Waals surface area contributed by atoms with E-state index in [0.29, 0.717) is 22.1 Å². The molecule has 0 bridgehead atoms. The van der Waals surface area contributed by atoms with E-state index < -0.39 is 11.7 Å². The maximum atomic E-state index is 14.0. The topological polar surface area (TPSA) is 71.1 Å². The number of halogens is 2. The van der Waals surface area contributed by atoms with Gasteiger partial charge < -0.3 is 5.32 Å². The molecule has 1 heterocycles. The summed E-state index contributed by atoms with van der Waals surface area (Å²) >= 11 is 1.23. The summed E-state index contributed by atoms with van der Waals surface area (Å²) in [7, 11) is 0. The minimum Gasteiger partial charge on any atom is -0.326 e. The van der Waals surface area contributed by atoms with Gasteiger partial charge in [0.05, 0.1) is 11.3 Å². The van der Waals surface area contributed by atoms with E-state index in [0.717, 1.165) is 10.9 Å². The van der Waals surface area contributed by atoms with Gasteiger partial charge in [0.15, 0.2) is 5.13 Å². The lowest BCUT2D eigenvalue weighted by Gasteiger charge is -2.07. The van der Waals surface area contributed by atoms with E-state index in [1.807, 2.05) is 6.92 Å². The van der Waals surface area contributed by atoms with Crippen LogP contribution < -0.4 is 10.6 Å². The van der Waals surface area contributed by atoms with Crippen molar-refractivity contribution in [1.29, 1.82) is 0 Å². The second-order valence-corrected chi connectivity index (χ2v) is 6.96. The van der Waals surface area contributed by atoms with E-state index in [1.165, 1.54) is 42.5 Å². The van der Waals surface area contributed by atoms with Crippen LogP contribution in [0.25, 0.3) is 11.3 Å². The summed E-state index contributed by atoms with van der Waals surface area (Å²) in [5.74, 6) is -2.07. The Morgan fingerprint density at radius 3 is 2.41 bits per heavy atom. The van der Waals surface area contributed by atoms with E-state index in [1.54, 1.807) is 12.1 Å². The second-order valence-electron chi connectivity index (χ2n) is 5.76. The van der Waals surface area contributed by atoms with Crippen molar-refractivity contribution in [2.24, 2.45) is 0 Å². The molecule has 1 aromatic heterocycles. The van der Waals surface area contributed by atoms with E-state index in [-0.39, 0.29) is 17.3 Å². The lowest BCUT2D eigenvalue weighted by molar-refractivity contribution is -0.114. The lowest BCUT2D eigenvalue weighted by atomic mass is 10.1. The number of nitrogens with one attached hydrogen (secondary N) is 2. The quantitative estimate of drug-likeness (QED) is 0.687. The zero-order chi connectivity index (χ0) is 19.6. The highest BCUT2D eigenvalue weighted by atomic mass is 32.1. The fourth-order valence-electron chi connectivity index (χ4n) is 2.47. The number of nitrogens with zero attached hydrogens (tertiary/aromatic N) is 1. The van der Waals surface area contributed by atoms with E-state index in [4.69, 9.17) is 0 Å². The fourth-order valence-corrected chi connectivity index (χ4v) is 3.30. The molecule has 8 heteroatoms. The van der Waals surface area contributed by atoms with E-state index >= 15 is 0 Å². The molecule has 0 spiro atoms. The molecule has 0 aliphatic rings. The second kappa shape index (κ2) is 7.63. The monoisotopic (exact) mass is 387 g/mol. The Kier molecular flexibility index (Phi) is 5.27. The van der Waals surface area contributed by atoms with Gasteiger partial charge in [-0.1, -0.05) is 0 Å². The molecule has 3 aromatic rings. The van der Waals surface area contributed by atoms with Crippen LogP contribution in [0.1, 0.15) is 22.2 Å². The molecule has 0 saturated heterocycles. The van der Waals surface area contributed by atoms with Crippen molar-refractivity contribution < 1.29 is 18.4 Å². The van der Waals surface area contributed by atoms with Crippen LogP contribution in [-0.4, -0.2) is 16.8 Å². The molecule has 0 unspecified atom stereocenters. The Bertz CT molecular complexity index is 1020. The molecule has 2 aromatic carbocycles. The van der Waals surface area contributed by atoms with Crippen LogP contribution in [0.15, 0.2) is 42.5 Å². The number of thiazole rings is 1. The maximum absolute atomic E-state index is 14.0. The molecular weight excluding hydrogens is 372 g/mol. The molecule has 0 atom stereocenters. The van der Waals surface area contributed by atoms with Crippen molar-refractivity contribution in [3.8, 4) is 11.3 Å². The summed E-state index contributed by atoms with van der Waals surface area (Å²) in [5, 5.41) is 5.36. The van der Waals surface area contributed by atoms with Gasteiger partial charge in [-0.3, -0.25) is 14.9 Å². The molecule has 0 aliphatic heterocycles. The van der Waals surface area contributed by atoms with Crippen molar-refractivity contribution in [3.63, 3.8) is 0 Å². The molecule has 27 heavy (non-hydrogen) atoms. The number of carbonyl (C=O) groups excluding carboxylic acids is 2. The molecule has 5 nitrogen and oxygen atoms in total. The van der Waals surface area contributed by atoms with E-state index in [2.05, 4.69) is 15.6 Å².